The Labute approximate surface area is 113 Å². The van der Waals surface area contributed by atoms with Crippen molar-refractivity contribution in [3.63, 3.8) is 0 Å². The molecule has 0 aromatic heterocycles. The number of hydrogen-bond acceptors (Lipinski definition) is 3. The summed E-state index contributed by atoms with van der Waals surface area (Å²) in [7, 11) is 0. The Hall–Kier alpha value is -2.75. The molecule has 20 heavy (non-hydrogen) atoms. The SMILES string of the molecule is CC1=NC(=O)N(C(=O)O)C(c2cccc(F)c2)C1C#N. The number of hydrogen-bond donors (Lipinski definition) is 1. The Kier molecular flexibility index (Phi) is 3.48. The van der Waals surface area contributed by atoms with Gasteiger partial charge in [0.05, 0.1) is 12.1 Å². The highest BCUT2D eigenvalue weighted by Crippen LogP contribution is 2.34. The maximum absolute atomic E-state index is 13.3. The molecule has 1 aromatic rings. The third-order valence-corrected chi connectivity index (χ3v) is 3.06. The second-order valence-corrected chi connectivity index (χ2v) is 4.29. The van der Waals surface area contributed by atoms with E-state index < -0.39 is 29.9 Å². The maximum Gasteiger partial charge on any atom is 0.416 e. The average molecular weight is 275 g/mol. The van der Waals surface area contributed by atoms with Gasteiger partial charge >= 0.3 is 12.1 Å². The number of halogens is 1. The molecule has 102 valence electrons. The number of carbonyl (C=O) groups excluding carboxylic acids is 1. The van der Waals surface area contributed by atoms with Gasteiger partial charge in [0, 0.05) is 5.71 Å². The fourth-order valence-electron chi connectivity index (χ4n) is 2.17. The van der Waals surface area contributed by atoms with Crippen molar-refractivity contribution in [2.45, 2.75) is 13.0 Å². The largest absolute Gasteiger partial charge is 0.465 e. The highest BCUT2D eigenvalue weighted by Gasteiger charge is 2.42. The lowest BCUT2D eigenvalue weighted by Gasteiger charge is -2.33. The molecule has 0 spiro atoms. The van der Waals surface area contributed by atoms with E-state index in [2.05, 4.69) is 4.99 Å². The van der Waals surface area contributed by atoms with E-state index >= 15 is 0 Å². The van der Waals surface area contributed by atoms with Crippen LogP contribution < -0.4 is 0 Å². The fourth-order valence-corrected chi connectivity index (χ4v) is 2.17. The number of nitriles is 1. The van der Waals surface area contributed by atoms with E-state index in [0.29, 0.717) is 4.90 Å². The molecule has 3 amide bonds. The van der Waals surface area contributed by atoms with E-state index in [4.69, 9.17) is 5.11 Å². The van der Waals surface area contributed by atoms with Crippen molar-refractivity contribution in [2.24, 2.45) is 10.9 Å². The number of nitrogens with zero attached hydrogens (tertiary/aromatic N) is 3. The predicted molar refractivity (Wildman–Crippen MR) is 66.6 cm³/mol. The molecule has 0 saturated heterocycles. The Bertz CT molecular complexity index is 651. The van der Waals surface area contributed by atoms with E-state index in [1.54, 1.807) is 0 Å². The Morgan fingerprint density at radius 2 is 2.25 bits per heavy atom. The first-order valence-corrected chi connectivity index (χ1v) is 5.72. The maximum atomic E-state index is 13.3. The topological polar surface area (TPSA) is 93.8 Å². The predicted octanol–water partition coefficient (Wildman–Crippen LogP) is 2.58. The molecule has 2 rings (SSSR count). The van der Waals surface area contributed by atoms with Gasteiger partial charge < -0.3 is 5.11 Å². The van der Waals surface area contributed by atoms with Crippen molar-refractivity contribution in [1.82, 2.24) is 4.90 Å². The van der Waals surface area contributed by atoms with Gasteiger partial charge in [-0.05, 0) is 24.6 Å². The van der Waals surface area contributed by atoms with E-state index in [-0.39, 0.29) is 11.3 Å². The first-order valence-electron chi connectivity index (χ1n) is 5.72. The lowest BCUT2D eigenvalue weighted by Crippen LogP contribution is -2.46. The van der Waals surface area contributed by atoms with Gasteiger partial charge in [0.25, 0.3) is 0 Å². The van der Waals surface area contributed by atoms with Gasteiger partial charge in [0.2, 0.25) is 0 Å². The zero-order chi connectivity index (χ0) is 14.9. The highest BCUT2D eigenvalue weighted by atomic mass is 19.1. The number of aliphatic imine (C=N–C) groups is 1. The molecule has 0 saturated carbocycles. The molecule has 1 heterocycles. The molecule has 1 aliphatic rings. The van der Waals surface area contributed by atoms with E-state index in [1.807, 2.05) is 6.07 Å². The number of benzene rings is 1. The molecule has 6 nitrogen and oxygen atoms in total. The summed E-state index contributed by atoms with van der Waals surface area (Å²) in [6.07, 6.45) is -1.53. The number of carboxylic acid groups (broad SMARTS) is 1. The van der Waals surface area contributed by atoms with Crippen LogP contribution in [0.1, 0.15) is 18.5 Å². The normalized spacial score (nSPS) is 22.1. The van der Waals surface area contributed by atoms with Crippen molar-refractivity contribution >= 4 is 17.8 Å². The number of imide groups is 1. The van der Waals surface area contributed by atoms with Gasteiger partial charge in [-0.3, -0.25) is 0 Å². The van der Waals surface area contributed by atoms with Crippen LogP contribution >= 0.6 is 0 Å². The summed E-state index contributed by atoms with van der Waals surface area (Å²) in [4.78, 5) is 27.0. The van der Waals surface area contributed by atoms with Gasteiger partial charge in [-0.1, -0.05) is 12.1 Å². The van der Waals surface area contributed by atoms with Crippen molar-refractivity contribution in [3.8, 4) is 6.07 Å². The quantitative estimate of drug-likeness (QED) is 0.852. The lowest BCUT2D eigenvalue weighted by molar-refractivity contribution is 0.129. The minimum absolute atomic E-state index is 0.212. The zero-order valence-corrected chi connectivity index (χ0v) is 10.4. The summed E-state index contributed by atoms with van der Waals surface area (Å²) in [6, 6.07) is 5.01. The van der Waals surface area contributed by atoms with Gasteiger partial charge in [0.1, 0.15) is 11.7 Å². The zero-order valence-electron chi connectivity index (χ0n) is 10.4. The van der Waals surface area contributed by atoms with Crippen LogP contribution in [0, 0.1) is 23.1 Å². The van der Waals surface area contributed by atoms with Gasteiger partial charge in [-0.2, -0.15) is 5.26 Å². The van der Waals surface area contributed by atoms with Crippen LogP contribution in [-0.2, 0) is 0 Å². The third kappa shape index (κ3) is 2.23. The summed E-state index contributed by atoms with van der Waals surface area (Å²) in [5.41, 5.74) is 0.450. The van der Waals surface area contributed by atoms with Crippen molar-refractivity contribution in [2.75, 3.05) is 0 Å². The molecule has 0 fully saturated rings. The number of urea groups is 1. The second-order valence-electron chi connectivity index (χ2n) is 4.29. The van der Waals surface area contributed by atoms with Crippen molar-refractivity contribution in [3.05, 3.63) is 35.6 Å². The molecular formula is C13H10FN3O3. The molecule has 2 atom stereocenters. The fraction of sp³-hybridized carbons (Fsp3) is 0.231. The van der Waals surface area contributed by atoms with E-state index in [0.717, 1.165) is 6.07 Å². The molecule has 1 aliphatic heterocycles. The molecule has 7 heteroatoms. The monoisotopic (exact) mass is 275 g/mol. The summed E-state index contributed by atoms with van der Waals surface area (Å²) in [5, 5.41) is 18.3. The number of rotatable bonds is 1. The van der Waals surface area contributed by atoms with Crippen molar-refractivity contribution < 1.29 is 19.1 Å². The molecule has 0 aliphatic carbocycles. The Morgan fingerprint density at radius 1 is 1.55 bits per heavy atom. The summed E-state index contributed by atoms with van der Waals surface area (Å²) >= 11 is 0. The first-order chi connectivity index (χ1) is 9.45. The second kappa shape index (κ2) is 5.09. The Balaban J connectivity index is 2.60. The van der Waals surface area contributed by atoms with E-state index in [9.17, 15) is 19.2 Å². The van der Waals surface area contributed by atoms with E-state index in [1.165, 1.54) is 25.1 Å². The Morgan fingerprint density at radius 3 is 2.80 bits per heavy atom. The standard InChI is InChI=1S/C13H10FN3O3/c1-7-10(6-15)11(8-3-2-4-9(14)5-8)17(13(19)20)12(18)16-7/h2-5,10-11H,1H3,(H,19,20). The highest BCUT2D eigenvalue weighted by molar-refractivity contribution is 6.04. The van der Waals surface area contributed by atoms with Gasteiger partial charge in [-0.25, -0.2) is 23.9 Å². The van der Waals surface area contributed by atoms with Crippen LogP contribution in [0.3, 0.4) is 0 Å². The van der Waals surface area contributed by atoms with Crippen LogP contribution in [0.2, 0.25) is 0 Å². The third-order valence-electron chi connectivity index (χ3n) is 3.06. The molecule has 0 radical (unpaired) electrons. The molecular weight excluding hydrogens is 265 g/mol. The average Bonchev–Trinajstić information content (AvgIpc) is 2.37. The van der Waals surface area contributed by atoms with Gasteiger partial charge in [-0.15, -0.1) is 0 Å². The van der Waals surface area contributed by atoms with Crippen LogP contribution in [0.15, 0.2) is 29.3 Å². The minimum atomic E-state index is -1.53. The summed E-state index contributed by atoms with van der Waals surface area (Å²) in [6.45, 7) is 1.47. The molecule has 1 N–H and O–H groups in total. The summed E-state index contributed by atoms with van der Waals surface area (Å²) in [5.74, 6) is -1.51. The summed E-state index contributed by atoms with van der Waals surface area (Å²) < 4.78 is 13.3. The van der Waals surface area contributed by atoms with Crippen LogP contribution in [0.5, 0.6) is 0 Å². The number of amides is 3. The molecule has 1 aromatic carbocycles. The lowest BCUT2D eigenvalue weighted by atomic mass is 9.88. The first kappa shape index (κ1) is 13.7. The van der Waals surface area contributed by atoms with Crippen molar-refractivity contribution in [1.29, 1.82) is 5.26 Å². The number of carbonyl (C=O) groups is 2. The minimum Gasteiger partial charge on any atom is -0.465 e. The smallest absolute Gasteiger partial charge is 0.416 e. The van der Waals surface area contributed by atoms with Crippen LogP contribution in [-0.4, -0.2) is 27.8 Å². The van der Waals surface area contributed by atoms with Crippen LogP contribution in [0.4, 0.5) is 14.0 Å². The molecule has 0 bridgehead atoms. The van der Waals surface area contributed by atoms with Gasteiger partial charge in [0.15, 0.2) is 0 Å². The molecule has 2 unspecified atom stereocenters. The van der Waals surface area contributed by atoms with Crippen LogP contribution in [0.25, 0.3) is 0 Å².